The van der Waals surface area contributed by atoms with E-state index >= 15 is 0 Å². The molecule has 0 unspecified atom stereocenters. The Hall–Kier alpha value is -1.16. The third kappa shape index (κ3) is 2.15. The molecule has 13 heavy (non-hydrogen) atoms. The molecule has 1 saturated heterocycles. The summed E-state index contributed by atoms with van der Waals surface area (Å²) >= 11 is 0. The van der Waals surface area contributed by atoms with Crippen LogP contribution >= 0.6 is 0 Å². The maximum Gasteiger partial charge on any atom is 0.222 e. The lowest BCUT2D eigenvalue weighted by atomic mass is 10.0. The van der Waals surface area contributed by atoms with Crippen LogP contribution in [0.25, 0.3) is 0 Å². The summed E-state index contributed by atoms with van der Waals surface area (Å²) in [6, 6.07) is 1.90. The Bertz CT molecular complexity index is 283. The van der Waals surface area contributed by atoms with Crippen LogP contribution in [0.5, 0.6) is 0 Å². The second kappa shape index (κ2) is 3.70. The van der Waals surface area contributed by atoms with Crippen LogP contribution in [0.15, 0.2) is 12.3 Å². The number of nitrogens with one attached hydrogen (secondary N) is 2. The van der Waals surface area contributed by atoms with Crippen molar-refractivity contribution in [2.24, 2.45) is 5.92 Å². The fourth-order valence-corrected chi connectivity index (χ4v) is 1.26. The van der Waals surface area contributed by atoms with Gasteiger partial charge in [-0.2, -0.15) is 0 Å². The lowest BCUT2D eigenvalue weighted by Gasteiger charge is -2.26. The van der Waals surface area contributed by atoms with Gasteiger partial charge >= 0.3 is 0 Å². The Morgan fingerprint density at radius 3 is 3.08 bits per heavy atom. The predicted molar refractivity (Wildman–Crippen MR) is 51.6 cm³/mol. The summed E-state index contributed by atoms with van der Waals surface area (Å²) in [4.78, 5) is 8.39. The summed E-state index contributed by atoms with van der Waals surface area (Å²) in [6.07, 6.45) is 1.78. The van der Waals surface area contributed by atoms with Crippen molar-refractivity contribution >= 4 is 5.95 Å². The molecule has 1 aromatic rings. The number of nitrogens with zero attached hydrogens (tertiary/aromatic N) is 2. The third-order valence-electron chi connectivity index (χ3n) is 2.21. The highest BCUT2D eigenvalue weighted by molar-refractivity contribution is 5.24. The van der Waals surface area contributed by atoms with Crippen LogP contribution in [0.2, 0.25) is 0 Å². The van der Waals surface area contributed by atoms with Crippen LogP contribution in [-0.4, -0.2) is 29.6 Å². The van der Waals surface area contributed by atoms with E-state index in [4.69, 9.17) is 0 Å². The molecular formula is C9H14N4. The lowest BCUT2D eigenvalue weighted by molar-refractivity contribution is 0.365. The van der Waals surface area contributed by atoms with Gasteiger partial charge in [0.15, 0.2) is 0 Å². The van der Waals surface area contributed by atoms with Gasteiger partial charge in [-0.15, -0.1) is 0 Å². The van der Waals surface area contributed by atoms with Crippen LogP contribution in [0.1, 0.15) is 5.69 Å². The Morgan fingerprint density at radius 1 is 1.62 bits per heavy atom. The van der Waals surface area contributed by atoms with Crippen molar-refractivity contribution in [3.63, 3.8) is 0 Å². The first-order chi connectivity index (χ1) is 6.34. The van der Waals surface area contributed by atoms with Crippen LogP contribution < -0.4 is 10.6 Å². The molecule has 4 heteroatoms. The van der Waals surface area contributed by atoms with Crippen molar-refractivity contribution in [2.75, 3.05) is 25.0 Å². The fourth-order valence-electron chi connectivity index (χ4n) is 1.26. The van der Waals surface area contributed by atoms with Gasteiger partial charge in [-0.1, -0.05) is 0 Å². The predicted octanol–water partition coefficient (Wildman–Crippen LogP) is 0.416. The zero-order chi connectivity index (χ0) is 9.10. The minimum atomic E-state index is 0.740. The van der Waals surface area contributed by atoms with E-state index in [1.54, 1.807) is 6.20 Å². The number of anilines is 1. The Labute approximate surface area is 77.8 Å². The first kappa shape index (κ1) is 8.44. The quantitative estimate of drug-likeness (QED) is 0.704. The van der Waals surface area contributed by atoms with E-state index in [9.17, 15) is 0 Å². The molecule has 0 atom stereocenters. The molecule has 0 aromatic carbocycles. The smallest absolute Gasteiger partial charge is 0.222 e. The Balaban J connectivity index is 1.86. The van der Waals surface area contributed by atoms with Gasteiger partial charge in [0, 0.05) is 37.4 Å². The number of aromatic nitrogens is 2. The summed E-state index contributed by atoms with van der Waals surface area (Å²) < 4.78 is 0. The normalized spacial score (nSPS) is 16.7. The first-order valence-electron chi connectivity index (χ1n) is 4.59. The Kier molecular flexibility index (Phi) is 2.40. The van der Waals surface area contributed by atoms with E-state index in [2.05, 4.69) is 20.6 Å². The van der Waals surface area contributed by atoms with E-state index in [0.29, 0.717) is 0 Å². The summed E-state index contributed by atoms with van der Waals surface area (Å²) in [7, 11) is 0. The van der Waals surface area contributed by atoms with Gasteiger partial charge in [0.2, 0.25) is 5.95 Å². The highest BCUT2D eigenvalue weighted by Crippen LogP contribution is 2.04. The molecule has 0 bridgehead atoms. The number of aryl methyl sites for hydroxylation is 1. The van der Waals surface area contributed by atoms with Gasteiger partial charge in [0.1, 0.15) is 0 Å². The van der Waals surface area contributed by atoms with Gasteiger partial charge < -0.3 is 10.6 Å². The van der Waals surface area contributed by atoms with Crippen molar-refractivity contribution in [1.29, 1.82) is 0 Å². The molecule has 2 N–H and O–H groups in total. The second-order valence-corrected chi connectivity index (χ2v) is 3.43. The molecule has 2 heterocycles. The van der Waals surface area contributed by atoms with Crippen molar-refractivity contribution in [3.05, 3.63) is 18.0 Å². The SMILES string of the molecule is Cc1ccnc(NCC2CNC2)n1. The molecule has 70 valence electrons. The zero-order valence-corrected chi connectivity index (χ0v) is 7.75. The lowest BCUT2D eigenvalue weighted by Crippen LogP contribution is -2.45. The summed E-state index contributed by atoms with van der Waals surface area (Å²) in [6.45, 7) is 5.16. The van der Waals surface area contributed by atoms with Gasteiger partial charge in [-0.3, -0.25) is 0 Å². The minimum Gasteiger partial charge on any atom is -0.354 e. The largest absolute Gasteiger partial charge is 0.354 e. The number of hydrogen-bond donors (Lipinski definition) is 2. The third-order valence-corrected chi connectivity index (χ3v) is 2.21. The average molecular weight is 178 g/mol. The van der Waals surface area contributed by atoms with Crippen molar-refractivity contribution < 1.29 is 0 Å². The molecule has 1 aromatic heterocycles. The van der Waals surface area contributed by atoms with E-state index in [1.165, 1.54) is 0 Å². The van der Waals surface area contributed by atoms with Crippen molar-refractivity contribution in [3.8, 4) is 0 Å². The molecule has 2 rings (SSSR count). The van der Waals surface area contributed by atoms with E-state index in [1.807, 2.05) is 13.0 Å². The minimum absolute atomic E-state index is 0.740. The monoisotopic (exact) mass is 178 g/mol. The number of hydrogen-bond acceptors (Lipinski definition) is 4. The van der Waals surface area contributed by atoms with E-state index < -0.39 is 0 Å². The second-order valence-electron chi connectivity index (χ2n) is 3.43. The fraction of sp³-hybridized carbons (Fsp3) is 0.556. The molecular weight excluding hydrogens is 164 g/mol. The van der Waals surface area contributed by atoms with Crippen LogP contribution in [0, 0.1) is 12.8 Å². The average Bonchev–Trinajstić information content (AvgIpc) is 2.01. The van der Waals surface area contributed by atoms with Crippen molar-refractivity contribution in [1.82, 2.24) is 15.3 Å². The summed E-state index contributed by atoms with van der Waals surface area (Å²) in [5, 5.41) is 6.45. The van der Waals surface area contributed by atoms with Gasteiger partial charge in [-0.05, 0) is 13.0 Å². The van der Waals surface area contributed by atoms with E-state index in [-0.39, 0.29) is 0 Å². The van der Waals surface area contributed by atoms with Crippen LogP contribution in [-0.2, 0) is 0 Å². The molecule has 0 amide bonds. The highest BCUT2D eigenvalue weighted by Gasteiger charge is 2.15. The maximum atomic E-state index is 4.26. The maximum absolute atomic E-state index is 4.26. The molecule has 1 fully saturated rings. The topological polar surface area (TPSA) is 49.8 Å². The van der Waals surface area contributed by atoms with Gasteiger partial charge in [0.05, 0.1) is 0 Å². The molecule has 0 radical (unpaired) electrons. The number of rotatable bonds is 3. The molecule has 0 aliphatic carbocycles. The molecule has 0 saturated carbocycles. The highest BCUT2D eigenvalue weighted by atomic mass is 15.1. The molecule has 4 nitrogen and oxygen atoms in total. The zero-order valence-electron chi connectivity index (χ0n) is 7.75. The van der Waals surface area contributed by atoms with Crippen LogP contribution in [0.4, 0.5) is 5.95 Å². The Morgan fingerprint density at radius 2 is 2.46 bits per heavy atom. The van der Waals surface area contributed by atoms with Crippen LogP contribution in [0.3, 0.4) is 0 Å². The standard InChI is InChI=1S/C9H14N4/c1-7-2-3-11-9(13-7)12-6-8-4-10-5-8/h2-3,8,10H,4-6H2,1H3,(H,11,12,13). The summed E-state index contributed by atoms with van der Waals surface area (Å²) in [5.74, 6) is 1.48. The van der Waals surface area contributed by atoms with E-state index in [0.717, 1.165) is 37.2 Å². The molecule has 0 spiro atoms. The van der Waals surface area contributed by atoms with Crippen molar-refractivity contribution in [2.45, 2.75) is 6.92 Å². The molecule has 1 aliphatic rings. The molecule has 1 aliphatic heterocycles. The first-order valence-corrected chi connectivity index (χ1v) is 4.59. The van der Waals surface area contributed by atoms with Gasteiger partial charge in [-0.25, -0.2) is 9.97 Å². The summed E-state index contributed by atoms with van der Waals surface area (Å²) in [5.41, 5.74) is 1.00. The van der Waals surface area contributed by atoms with Gasteiger partial charge in [0.25, 0.3) is 0 Å².